The molecular weight excluding hydrogens is 218 g/mol. The van der Waals surface area contributed by atoms with Gasteiger partial charge in [-0.15, -0.1) is 0 Å². The fourth-order valence-corrected chi connectivity index (χ4v) is 1.84. The van der Waals surface area contributed by atoms with E-state index in [1.807, 2.05) is 13.8 Å². The van der Waals surface area contributed by atoms with Crippen LogP contribution in [0.2, 0.25) is 0 Å². The van der Waals surface area contributed by atoms with Crippen LogP contribution in [0.25, 0.3) is 0 Å². The van der Waals surface area contributed by atoms with Crippen molar-refractivity contribution in [3.63, 3.8) is 0 Å². The molecular formula is C12H15N3O2. The molecule has 0 aromatic heterocycles. The second kappa shape index (κ2) is 3.76. The van der Waals surface area contributed by atoms with Crippen molar-refractivity contribution in [3.05, 3.63) is 24.3 Å². The van der Waals surface area contributed by atoms with Gasteiger partial charge in [-0.05, 0) is 38.1 Å². The van der Waals surface area contributed by atoms with Gasteiger partial charge in [0.25, 0.3) is 0 Å². The van der Waals surface area contributed by atoms with E-state index in [0.717, 1.165) is 4.90 Å². The maximum atomic E-state index is 11.9. The van der Waals surface area contributed by atoms with Crippen LogP contribution in [0.1, 0.15) is 20.3 Å². The van der Waals surface area contributed by atoms with Crippen molar-refractivity contribution < 1.29 is 9.59 Å². The van der Waals surface area contributed by atoms with Gasteiger partial charge in [-0.2, -0.15) is 0 Å². The molecule has 1 aliphatic rings. The number of carbonyl (C=O) groups is 2. The SMILES string of the molecule is CC1(C)CC(=O)N(c2ccc(N)cc2)C(=O)N1. The largest absolute Gasteiger partial charge is 0.399 e. The summed E-state index contributed by atoms with van der Waals surface area (Å²) in [5.41, 5.74) is 6.21. The second-order valence-electron chi connectivity index (χ2n) is 4.81. The van der Waals surface area contributed by atoms with Gasteiger partial charge in [0.05, 0.1) is 12.1 Å². The fraction of sp³-hybridized carbons (Fsp3) is 0.333. The van der Waals surface area contributed by atoms with Crippen molar-refractivity contribution in [1.29, 1.82) is 0 Å². The van der Waals surface area contributed by atoms with Crippen LogP contribution in [-0.2, 0) is 4.79 Å². The van der Waals surface area contributed by atoms with E-state index in [1.54, 1.807) is 24.3 Å². The highest BCUT2D eigenvalue weighted by atomic mass is 16.2. The van der Waals surface area contributed by atoms with Crippen molar-refractivity contribution >= 4 is 23.3 Å². The minimum Gasteiger partial charge on any atom is -0.399 e. The number of rotatable bonds is 1. The van der Waals surface area contributed by atoms with Crippen LogP contribution in [-0.4, -0.2) is 17.5 Å². The molecule has 0 spiro atoms. The average Bonchev–Trinajstić information content (AvgIpc) is 2.18. The summed E-state index contributed by atoms with van der Waals surface area (Å²) >= 11 is 0. The van der Waals surface area contributed by atoms with Gasteiger partial charge in [0.1, 0.15) is 0 Å². The topological polar surface area (TPSA) is 75.4 Å². The molecule has 90 valence electrons. The molecule has 1 fully saturated rings. The first-order valence-corrected chi connectivity index (χ1v) is 5.40. The highest BCUT2D eigenvalue weighted by Gasteiger charge is 2.37. The molecule has 0 radical (unpaired) electrons. The normalized spacial score (nSPS) is 19.1. The van der Waals surface area contributed by atoms with Gasteiger partial charge in [-0.25, -0.2) is 9.69 Å². The maximum absolute atomic E-state index is 11.9. The fourth-order valence-electron chi connectivity index (χ4n) is 1.84. The number of nitrogens with one attached hydrogen (secondary N) is 1. The second-order valence-corrected chi connectivity index (χ2v) is 4.81. The van der Waals surface area contributed by atoms with Crippen LogP contribution >= 0.6 is 0 Å². The summed E-state index contributed by atoms with van der Waals surface area (Å²) in [6.45, 7) is 3.65. The summed E-state index contributed by atoms with van der Waals surface area (Å²) in [5.74, 6) is -0.205. The molecule has 2 rings (SSSR count). The van der Waals surface area contributed by atoms with E-state index < -0.39 is 11.6 Å². The van der Waals surface area contributed by atoms with Gasteiger partial charge in [0.2, 0.25) is 5.91 Å². The lowest BCUT2D eigenvalue weighted by atomic mass is 9.97. The number of carbonyl (C=O) groups excluding carboxylic acids is 2. The zero-order valence-electron chi connectivity index (χ0n) is 9.86. The summed E-state index contributed by atoms with van der Waals surface area (Å²) in [4.78, 5) is 25.0. The molecule has 1 aromatic carbocycles. The Hall–Kier alpha value is -2.04. The van der Waals surface area contributed by atoms with Crippen LogP contribution in [0.3, 0.4) is 0 Å². The predicted molar refractivity (Wildman–Crippen MR) is 65.6 cm³/mol. The first-order valence-electron chi connectivity index (χ1n) is 5.40. The van der Waals surface area contributed by atoms with Crippen molar-refractivity contribution in [3.8, 4) is 0 Å². The van der Waals surface area contributed by atoms with E-state index in [-0.39, 0.29) is 12.3 Å². The van der Waals surface area contributed by atoms with Gasteiger partial charge in [-0.3, -0.25) is 4.79 Å². The van der Waals surface area contributed by atoms with E-state index in [9.17, 15) is 9.59 Å². The lowest BCUT2D eigenvalue weighted by molar-refractivity contribution is -0.119. The number of hydrogen-bond donors (Lipinski definition) is 2. The van der Waals surface area contributed by atoms with Gasteiger partial charge in [0.15, 0.2) is 0 Å². The Labute approximate surface area is 99.6 Å². The minimum atomic E-state index is -0.488. The first kappa shape index (κ1) is 11.4. The van der Waals surface area contributed by atoms with Crippen molar-refractivity contribution in [2.45, 2.75) is 25.8 Å². The summed E-state index contributed by atoms with van der Waals surface area (Å²) in [6.07, 6.45) is 0.281. The molecule has 0 saturated carbocycles. The van der Waals surface area contributed by atoms with Crippen molar-refractivity contribution in [2.24, 2.45) is 0 Å². The molecule has 0 bridgehead atoms. The number of hydrogen-bond acceptors (Lipinski definition) is 3. The highest BCUT2D eigenvalue weighted by Crippen LogP contribution is 2.24. The first-order chi connectivity index (χ1) is 7.89. The van der Waals surface area contributed by atoms with Crippen LogP contribution < -0.4 is 16.0 Å². The van der Waals surface area contributed by atoms with E-state index in [4.69, 9.17) is 5.73 Å². The van der Waals surface area contributed by atoms with Gasteiger partial charge < -0.3 is 11.1 Å². The lowest BCUT2D eigenvalue weighted by Crippen LogP contribution is -2.59. The molecule has 0 aliphatic carbocycles. The Morgan fingerprint density at radius 2 is 1.82 bits per heavy atom. The Kier molecular flexibility index (Phi) is 2.53. The Morgan fingerprint density at radius 1 is 1.24 bits per heavy atom. The zero-order chi connectivity index (χ0) is 12.6. The van der Waals surface area contributed by atoms with Gasteiger partial charge in [0, 0.05) is 11.2 Å². The maximum Gasteiger partial charge on any atom is 0.329 e. The summed E-state index contributed by atoms with van der Waals surface area (Å²) < 4.78 is 0. The molecule has 1 aliphatic heterocycles. The molecule has 3 amide bonds. The monoisotopic (exact) mass is 233 g/mol. The van der Waals surface area contributed by atoms with Crippen LogP contribution in [0.4, 0.5) is 16.2 Å². The number of amides is 3. The number of anilines is 2. The zero-order valence-corrected chi connectivity index (χ0v) is 9.86. The number of nitrogens with zero attached hydrogens (tertiary/aromatic N) is 1. The quantitative estimate of drug-likeness (QED) is 0.722. The van der Waals surface area contributed by atoms with E-state index in [1.165, 1.54) is 0 Å². The molecule has 5 nitrogen and oxygen atoms in total. The van der Waals surface area contributed by atoms with Gasteiger partial charge >= 0.3 is 6.03 Å². The van der Waals surface area contributed by atoms with Crippen LogP contribution in [0.5, 0.6) is 0 Å². The van der Waals surface area contributed by atoms with Crippen LogP contribution in [0.15, 0.2) is 24.3 Å². The smallest absolute Gasteiger partial charge is 0.329 e. The number of nitrogens with two attached hydrogens (primary N) is 1. The number of benzene rings is 1. The molecule has 0 atom stereocenters. The number of nitrogen functional groups attached to an aromatic ring is 1. The Balaban J connectivity index is 2.30. The highest BCUT2D eigenvalue weighted by molar-refractivity contribution is 6.16. The minimum absolute atomic E-state index is 0.205. The third-order valence-corrected chi connectivity index (χ3v) is 2.64. The van der Waals surface area contributed by atoms with Gasteiger partial charge in [-0.1, -0.05) is 0 Å². The van der Waals surface area contributed by atoms with E-state index >= 15 is 0 Å². The third-order valence-electron chi connectivity index (χ3n) is 2.64. The molecule has 1 aromatic rings. The molecule has 1 heterocycles. The molecule has 5 heteroatoms. The van der Waals surface area contributed by atoms with E-state index in [0.29, 0.717) is 11.4 Å². The molecule has 17 heavy (non-hydrogen) atoms. The number of urea groups is 1. The Morgan fingerprint density at radius 3 is 2.35 bits per heavy atom. The van der Waals surface area contributed by atoms with Crippen molar-refractivity contribution in [2.75, 3.05) is 10.6 Å². The number of imide groups is 1. The predicted octanol–water partition coefficient (Wildman–Crippen LogP) is 1.49. The third kappa shape index (κ3) is 2.22. The van der Waals surface area contributed by atoms with E-state index in [2.05, 4.69) is 5.32 Å². The van der Waals surface area contributed by atoms with Crippen LogP contribution in [0, 0.1) is 0 Å². The summed E-state index contributed by atoms with van der Waals surface area (Å²) in [7, 11) is 0. The summed E-state index contributed by atoms with van der Waals surface area (Å²) in [6, 6.07) is 6.25. The summed E-state index contributed by atoms with van der Waals surface area (Å²) in [5, 5.41) is 2.78. The molecule has 0 unspecified atom stereocenters. The molecule has 3 N–H and O–H groups in total. The van der Waals surface area contributed by atoms with Crippen molar-refractivity contribution in [1.82, 2.24) is 5.32 Å². The Bertz CT molecular complexity index is 445. The standard InChI is InChI=1S/C12H15N3O2/c1-12(2)7-10(16)15(11(17)14-12)9-5-3-8(13)4-6-9/h3-6H,7,13H2,1-2H3,(H,14,17). The lowest BCUT2D eigenvalue weighted by Gasteiger charge is -2.36. The average molecular weight is 233 g/mol. The molecule has 1 saturated heterocycles.